The van der Waals surface area contributed by atoms with E-state index in [0.717, 1.165) is 11.3 Å². The highest BCUT2D eigenvalue weighted by atomic mass is 35.5. The maximum Gasteiger partial charge on any atom is 0.340 e. The summed E-state index contributed by atoms with van der Waals surface area (Å²) in [6, 6.07) is 17.8. The summed E-state index contributed by atoms with van der Waals surface area (Å²) in [5.74, 6) is -1.04. The minimum absolute atomic E-state index is 0.0459. The number of carbonyl (C=O) groups excluding carboxylic acids is 2. The Balaban J connectivity index is 1.78. The zero-order chi connectivity index (χ0) is 21.5. The Bertz CT molecular complexity index is 991. The van der Waals surface area contributed by atoms with Crippen LogP contribution in [-0.2, 0) is 9.53 Å². The third kappa shape index (κ3) is 5.36. The van der Waals surface area contributed by atoms with Crippen LogP contribution in [0.3, 0.4) is 0 Å². The fourth-order valence-corrected chi connectivity index (χ4v) is 3.48. The van der Waals surface area contributed by atoms with E-state index < -0.39 is 5.97 Å². The molecule has 1 amide bonds. The Morgan fingerprint density at radius 3 is 2.47 bits per heavy atom. The quantitative estimate of drug-likeness (QED) is 0.525. The highest BCUT2D eigenvalue weighted by Gasteiger charge is 2.20. The van der Waals surface area contributed by atoms with Crippen LogP contribution in [0, 0.1) is 0 Å². The number of ether oxygens (including phenoxy) is 1. The number of benzene rings is 2. The number of nitrogens with zero attached hydrogens (tertiary/aromatic N) is 1. The van der Waals surface area contributed by atoms with Crippen LogP contribution in [0.2, 0.25) is 10.0 Å². The van der Waals surface area contributed by atoms with Gasteiger partial charge < -0.3 is 10.1 Å². The number of halogens is 2. The number of pyridine rings is 1. The standard InChI is InChI=1S/C22H19Cl2N3O3/c1-30-22(29)16-11-15(23)12-17(24)21(16)27-19(28)13-26-20(14-7-3-2-4-8-14)18-9-5-6-10-25-18/h2-12,20,26H,13H2,1H3,(H,27,28). The molecular formula is C22H19Cl2N3O3. The molecule has 1 unspecified atom stereocenters. The van der Waals surface area contributed by atoms with Gasteiger partial charge in [-0.05, 0) is 29.8 Å². The average molecular weight is 444 g/mol. The first-order valence-corrected chi connectivity index (χ1v) is 9.81. The fourth-order valence-electron chi connectivity index (χ4n) is 2.94. The van der Waals surface area contributed by atoms with Gasteiger partial charge in [0.15, 0.2) is 0 Å². The second-order valence-corrected chi connectivity index (χ2v) is 7.17. The number of nitrogens with one attached hydrogen (secondary N) is 2. The van der Waals surface area contributed by atoms with Gasteiger partial charge in [0.1, 0.15) is 0 Å². The van der Waals surface area contributed by atoms with E-state index in [-0.39, 0.29) is 39.8 Å². The molecule has 1 aromatic heterocycles. The van der Waals surface area contributed by atoms with E-state index in [1.165, 1.54) is 19.2 Å². The molecule has 8 heteroatoms. The van der Waals surface area contributed by atoms with Crippen molar-refractivity contribution in [2.24, 2.45) is 0 Å². The molecule has 0 aliphatic carbocycles. The van der Waals surface area contributed by atoms with Gasteiger partial charge in [-0.1, -0.05) is 59.6 Å². The molecule has 0 saturated heterocycles. The number of hydrogen-bond donors (Lipinski definition) is 2. The van der Waals surface area contributed by atoms with Gasteiger partial charge in [-0.25, -0.2) is 4.79 Å². The Labute approximate surface area is 184 Å². The maximum atomic E-state index is 12.6. The molecule has 0 aliphatic rings. The van der Waals surface area contributed by atoms with Crippen molar-refractivity contribution in [3.8, 4) is 0 Å². The van der Waals surface area contributed by atoms with Crippen LogP contribution in [0.15, 0.2) is 66.9 Å². The third-order valence-electron chi connectivity index (χ3n) is 4.31. The molecule has 2 N–H and O–H groups in total. The highest BCUT2D eigenvalue weighted by molar-refractivity contribution is 6.37. The number of aromatic nitrogens is 1. The van der Waals surface area contributed by atoms with Crippen LogP contribution in [0.5, 0.6) is 0 Å². The summed E-state index contributed by atoms with van der Waals surface area (Å²) in [6.45, 7) is -0.0459. The monoisotopic (exact) mass is 443 g/mol. The van der Waals surface area contributed by atoms with E-state index in [1.54, 1.807) is 6.20 Å². The maximum absolute atomic E-state index is 12.6. The van der Waals surface area contributed by atoms with Crippen molar-refractivity contribution in [2.45, 2.75) is 6.04 Å². The molecule has 3 rings (SSSR count). The van der Waals surface area contributed by atoms with E-state index >= 15 is 0 Å². The van der Waals surface area contributed by atoms with Crippen LogP contribution < -0.4 is 10.6 Å². The molecule has 0 bridgehead atoms. The van der Waals surface area contributed by atoms with E-state index in [9.17, 15) is 9.59 Å². The summed E-state index contributed by atoms with van der Waals surface area (Å²) >= 11 is 12.2. The molecule has 0 radical (unpaired) electrons. The number of anilines is 1. The van der Waals surface area contributed by atoms with Crippen LogP contribution >= 0.6 is 23.2 Å². The lowest BCUT2D eigenvalue weighted by molar-refractivity contribution is -0.115. The molecule has 6 nitrogen and oxygen atoms in total. The summed E-state index contributed by atoms with van der Waals surface area (Å²) in [5, 5.41) is 6.27. The molecule has 1 atom stereocenters. The zero-order valence-corrected chi connectivity index (χ0v) is 17.6. The first kappa shape index (κ1) is 21.8. The average Bonchev–Trinajstić information content (AvgIpc) is 2.76. The van der Waals surface area contributed by atoms with Gasteiger partial charge in [0.2, 0.25) is 5.91 Å². The van der Waals surface area contributed by atoms with Crippen molar-refractivity contribution in [3.05, 3.63) is 93.7 Å². The number of carbonyl (C=O) groups is 2. The normalized spacial score (nSPS) is 11.6. The topological polar surface area (TPSA) is 80.3 Å². The molecular weight excluding hydrogens is 425 g/mol. The highest BCUT2D eigenvalue weighted by Crippen LogP contribution is 2.31. The van der Waals surface area contributed by atoms with Gasteiger partial charge in [0.05, 0.1) is 41.7 Å². The van der Waals surface area contributed by atoms with Crippen LogP contribution in [0.4, 0.5) is 5.69 Å². The molecule has 0 aliphatic heterocycles. The Hall–Kier alpha value is -2.93. The van der Waals surface area contributed by atoms with Gasteiger partial charge in [-0.2, -0.15) is 0 Å². The van der Waals surface area contributed by atoms with Crippen LogP contribution in [0.1, 0.15) is 27.7 Å². The van der Waals surface area contributed by atoms with Crippen molar-refractivity contribution in [1.29, 1.82) is 0 Å². The van der Waals surface area contributed by atoms with Gasteiger partial charge in [-0.3, -0.25) is 15.1 Å². The predicted molar refractivity (Wildman–Crippen MR) is 117 cm³/mol. The molecule has 0 saturated carbocycles. The van der Waals surface area contributed by atoms with Gasteiger partial charge in [0.25, 0.3) is 0 Å². The fraction of sp³-hybridized carbons (Fsp3) is 0.136. The second-order valence-electron chi connectivity index (χ2n) is 6.33. The lowest BCUT2D eigenvalue weighted by Gasteiger charge is -2.19. The number of hydrogen-bond acceptors (Lipinski definition) is 5. The molecule has 1 heterocycles. The Morgan fingerprint density at radius 1 is 1.07 bits per heavy atom. The summed E-state index contributed by atoms with van der Waals surface area (Å²) in [4.78, 5) is 29.1. The molecule has 30 heavy (non-hydrogen) atoms. The van der Waals surface area contributed by atoms with Gasteiger partial charge >= 0.3 is 5.97 Å². The molecule has 0 spiro atoms. The number of esters is 1. The van der Waals surface area contributed by atoms with Crippen molar-refractivity contribution in [2.75, 3.05) is 19.0 Å². The lowest BCUT2D eigenvalue weighted by Crippen LogP contribution is -2.32. The summed E-state index contributed by atoms with van der Waals surface area (Å²) in [6.07, 6.45) is 1.70. The first-order chi connectivity index (χ1) is 14.5. The minimum atomic E-state index is -0.654. The number of amides is 1. The first-order valence-electron chi connectivity index (χ1n) is 9.06. The van der Waals surface area contributed by atoms with Gasteiger partial charge in [-0.15, -0.1) is 0 Å². The van der Waals surface area contributed by atoms with E-state index in [4.69, 9.17) is 27.9 Å². The van der Waals surface area contributed by atoms with Crippen molar-refractivity contribution in [3.63, 3.8) is 0 Å². The van der Waals surface area contributed by atoms with Crippen molar-refractivity contribution >= 4 is 40.8 Å². The Kier molecular flexibility index (Phi) is 7.41. The van der Waals surface area contributed by atoms with E-state index in [0.29, 0.717) is 0 Å². The summed E-state index contributed by atoms with van der Waals surface area (Å²) < 4.78 is 4.75. The Morgan fingerprint density at radius 2 is 1.80 bits per heavy atom. The van der Waals surface area contributed by atoms with Crippen molar-refractivity contribution < 1.29 is 14.3 Å². The third-order valence-corrected chi connectivity index (χ3v) is 4.82. The molecule has 3 aromatic rings. The largest absolute Gasteiger partial charge is 0.465 e. The van der Waals surface area contributed by atoms with Crippen molar-refractivity contribution in [1.82, 2.24) is 10.3 Å². The van der Waals surface area contributed by atoms with Crippen LogP contribution in [0.25, 0.3) is 0 Å². The second kappa shape index (κ2) is 10.2. The zero-order valence-electron chi connectivity index (χ0n) is 16.1. The number of rotatable bonds is 7. The smallest absolute Gasteiger partial charge is 0.340 e. The van der Waals surface area contributed by atoms with E-state index in [1.807, 2.05) is 48.5 Å². The SMILES string of the molecule is COC(=O)c1cc(Cl)cc(Cl)c1NC(=O)CNC(c1ccccc1)c1ccccn1. The predicted octanol–water partition coefficient (Wildman–Crippen LogP) is 4.49. The lowest BCUT2D eigenvalue weighted by atomic mass is 10.0. The van der Waals surface area contributed by atoms with Crippen LogP contribution in [-0.4, -0.2) is 30.5 Å². The summed E-state index contributed by atoms with van der Waals surface area (Å²) in [5.41, 5.74) is 1.96. The minimum Gasteiger partial charge on any atom is -0.465 e. The van der Waals surface area contributed by atoms with Gasteiger partial charge in [0, 0.05) is 11.2 Å². The molecule has 2 aromatic carbocycles. The van der Waals surface area contributed by atoms with E-state index in [2.05, 4.69) is 15.6 Å². The summed E-state index contributed by atoms with van der Waals surface area (Å²) in [7, 11) is 1.24. The molecule has 0 fully saturated rings. The molecule has 154 valence electrons. The number of methoxy groups -OCH3 is 1.